The normalized spacial score (nSPS) is 13.3. The van der Waals surface area contributed by atoms with E-state index in [9.17, 15) is 18.0 Å². The van der Waals surface area contributed by atoms with Gasteiger partial charge in [-0.25, -0.2) is 9.78 Å². The number of aromatic nitrogens is 3. The lowest BCUT2D eigenvalue weighted by molar-refractivity contribution is -0.137. The standard InChI is InChI=1S/C32H26ClF3N8O2S/c33-22-14-20(32(34,35)36)15-39-29(22)44-13-12-21-25(16-44)47-28(37)27(21)30(45)46-17-19-8-4-5-9-23(19)40-31(38)41-26-11-10-24(42-43-26)18-6-2-1-3-7-18/h1-11,14-15H,12-13,16-17,37H2,(H3,38,40,41,43). The molecule has 1 aliphatic heterocycles. The van der Waals surface area contributed by atoms with Crippen LogP contribution in [0.1, 0.15) is 31.9 Å². The van der Waals surface area contributed by atoms with Crippen molar-refractivity contribution in [2.45, 2.75) is 25.7 Å². The Morgan fingerprint density at radius 3 is 2.57 bits per heavy atom. The number of hydrogen-bond donors (Lipinski definition) is 3. The van der Waals surface area contributed by atoms with E-state index >= 15 is 0 Å². The van der Waals surface area contributed by atoms with Gasteiger partial charge in [0.05, 0.1) is 28.4 Å². The molecule has 0 amide bonds. The minimum absolute atomic E-state index is 0.0638. The summed E-state index contributed by atoms with van der Waals surface area (Å²) < 4.78 is 44.9. The van der Waals surface area contributed by atoms with Gasteiger partial charge >= 0.3 is 12.1 Å². The maximum Gasteiger partial charge on any atom is 0.417 e. The summed E-state index contributed by atoms with van der Waals surface area (Å²) in [6, 6.07) is 21.1. The number of hydrogen-bond acceptors (Lipinski definition) is 9. The van der Waals surface area contributed by atoms with Crippen LogP contribution in [0.15, 0.2) is 84.0 Å². The second-order valence-electron chi connectivity index (χ2n) is 10.4. The van der Waals surface area contributed by atoms with Crippen molar-refractivity contribution in [2.75, 3.05) is 22.5 Å². The van der Waals surface area contributed by atoms with E-state index in [1.54, 1.807) is 41.3 Å². The van der Waals surface area contributed by atoms with E-state index in [0.717, 1.165) is 28.3 Å². The molecule has 0 saturated heterocycles. The number of carbonyl (C=O) groups is 1. The summed E-state index contributed by atoms with van der Waals surface area (Å²) in [4.78, 5) is 24.1. The molecule has 5 N–H and O–H groups in total. The number of aliphatic imine (C=N–C) groups is 1. The fourth-order valence-electron chi connectivity index (χ4n) is 5.07. The van der Waals surface area contributed by atoms with Crippen molar-refractivity contribution < 1.29 is 22.7 Å². The van der Waals surface area contributed by atoms with Gasteiger partial charge in [0.1, 0.15) is 17.4 Å². The van der Waals surface area contributed by atoms with Crippen LogP contribution in [0.2, 0.25) is 5.02 Å². The molecule has 0 radical (unpaired) electrons. The maximum atomic E-state index is 13.3. The highest BCUT2D eigenvalue weighted by Crippen LogP contribution is 2.39. The molecule has 0 aliphatic carbocycles. The predicted molar refractivity (Wildman–Crippen MR) is 176 cm³/mol. The van der Waals surface area contributed by atoms with Crippen molar-refractivity contribution in [1.29, 1.82) is 0 Å². The average Bonchev–Trinajstić information content (AvgIpc) is 3.39. The molecule has 10 nitrogen and oxygen atoms in total. The fraction of sp³-hybridized carbons (Fsp3) is 0.156. The number of esters is 1. The van der Waals surface area contributed by atoms with Gasteiger partial charge in [-0.3, -0.25) is 0 Å². The third-order valence-electron chi connectivity index (χ3n) is 7.33. The van der Waals surface area contributed by atoms with Crippen LogP contribution < -0.4 is 21.7 Å². The van der Waals surface area contributed by atoms with Gasteiger partial charge in [-0.2, -0.15) is 18.2 Å². The lowest BCUT2D eigenvalue weighted by Crippen LogP contribution is -2.31. The van der Waals surface area contributed by atoms with Crippen LogP contribution in [0.25, 0.3) is 11.3 Å². The molecule has 0 unspecified atom stereocenters. The first-order valence-electron chi connectivity index (χ1n) is 14.2. The van der Waals surface area contributed by atoms with Crippen molar-refractivity contribution >= 4 is 57.2 Å². The Morgan fingerprint density at radius 1 is 1.09 bits per heavy atom. The van der Waals surface area contributed by atoms with Gasteiger partial charge in [0.25, 0.3) is 0 Å². The molecule has 5 aromatic rings. The van der Waals surface area contributed by atoms with E-state index in [-0.39, 0.29) is 40.5 Å². The molecule has 0 atom stereocenters. The number of para-hydroxylation sites is 1. The second kappa shape index (κ2) is 13.3. The zero-order chi connectivity index (χ0) is 33.1. The number of ether oxygens (including phenoxy) is 1. The summed E-state index contributed by atoms with van der Waals surface area (Å²) in [5.41, 5.74) is 15.3. The molecule has 1 aliphatic rings. The van der Waals surface area contributed by atoms with Crippen molar-refractivity contribution in [3.05, 3.63) is 111 Å². The molecule has 4 heterocycles. The average molecular weight is 679 g/mol. The number of fused-ring (bicyclic) bond motifs is 1. The van der Waals surface area contributed by atoms with Crippen LogP contribution in [0.5, 0.6) is 0 Å². The van der Waals surface area contributed by atoms with Gasteiger partial charge in [-0.15, -0.1) is 21.5 Å². The van der Waals surface area contributed by atoms with Crippen LogP contribution in [-0.4, -0.2) is 33.7 Å². The van der Waals surface area contributed by atoms with E-state index in [1.165, 1.54) is 11.3 Å². The molecular formula is C32H26ClF3N8O2S. The van der Waals surface area contributed by atoms with Gasteiger partial charge in [-0.05, 0) is 36.2 Å². The number of nitrogens with one attached hydrogen (secondary N) is 1. The molecule has 240 valence electrons. The largest absolute Gasteiger partial charge is 0.457 e. The molecule has 2 aromatic carbocycles. The SMILES string of the molecule is NC(=Nc1ccc(-c2ccccc2)nn1)Nc1ccccc1COC(=O)c1c(N)sc2c1CCN(c1ncc(C(F)(F)F)cc1Cl)C2. The smallest absolute Gasteiger partial charge is 0.417 e. The minimum Gasteiger partial charge on any atom is -0.457 e. The highest BCUT2D eigenvalue weighted by atomic mass is 35.5. The summed E-state index contributed by atoms with van der Waals surface area (Å²) in [5.74, 6) is 0.00838. The molecule has 6 rings (SSSR count). The number of carbonyl (C=O) groups excluding carboxylic acids is 1. The van der Waals surface area contributed by atoms with Gasteiger partial charge in [0.2, 0.25) is 0 Å². The first-order chi connectivity index (χ1) is 22.6. The Bertz CT molecular complexity index is 1950. The number of anilines is 3. The number of thiophene rings is 1. The van der Waals surface area contributed by atoms with Crippen LogP contribution in [0.3, 0.4) is 0 Å². The van der Waals surface area contributed by atoms with Crippen LogP contribution >= 0.6 is 22.9 Å². The monoisotopic (exact) mass is 678 g/mol. The number of alkyl halides is 3. The highest BCUT2D eigenvalue weighted by molar-refractivity contribution is 7.16. The molecular weight excluding hydrogens is 653 g/mol. The van der Waals surface area contributed by atoms with E-state index in [4.69, 9.17) is 27.8 Å². The molecule has 0 saturated carbocycles. The summed E-state index contributed by atoms with van der Waals surface area (Å²) in [6.45, 7) is 0.564. The lowest BCUT2D eigenvalue weighted by Gasteiger charge is -2.29. The fourth-order valence-corrected chi connectivity index (χ4v) is 6.48. The van der Waals surface area contributed by atoms with Crippen molar-refractivity contribution in [3.63, 3.8) is 0 Å². The molecule has 3 aromatic heterocycles. The molecule has 15 heteroatoms. The van der Waals surface area contributed by atoms with Gasteiger partial charge < -0.3 is 26.4 Å². The number of pyridine rings is 1. The lowest BCUT2D eigenvalue weighted by atomic mass is 10.0. The first kappa shape index (κ1) is 31.8. The molecule has 0 bridgehead atoms. The highest BCUT2D eigenvalue weighted by Gasteiger charge is 2.33. The number of rotatable bonds is 7. The topological polar surface area (TPSA) is 145 Å². The Kier molecular flexibility index (Phi) is 8.96. The van der Waals surface area contributed by atoms with E-state index in [0.29, 0.717) is 35.7 Å². The number of guanidine groups is 1. The summed E-state index contributed by atoms with van der Waals surface area (Å²) in [5, 5.41) is 11.6. The van der Waals surface area contributed by atoms with E-state index < -0.39 is 17.7 Å². The third kappa shape index (κ3) is 7.13. The third-order valence-corrected chi connectivity index (χ3v) is 8.65. The van der Waals surface area contributed by atoms with Crippen LogP contribution in [0, 0.1) is 0 Å². The van der Waals surface area contributed by atoms with E-state index in [2.05, 4.69) is 25.5 Å². The zero-order valence-electron chi connectivity index (χ0n) is 24.5. The van der Waals surface area contributed by atoms with E-state index in [1.807, 2.05) is 30.3 Å². The van der Waals surface area contributed by atoms with Crippen molar-refractivity contribution in [1.82, 2.24) is 15.2 Å². The maximum absolute atomic E-state index is 13.3. The zero-order valence-corrected chi connectivity index (χ0v) is 26.0. The number of halogens is 4. The quantitative estimate of drug-likeness (QED) is 0.0958. The molecule has 0 fully saturated rings. The summed E-state index contributed by atoms with van der Waals surface area (Å²) in [7, 11) is 0. The van der Waals surface area contributed by atoms with Crippen molar-refractivity contribution in [2.24, 2.45) is 10.7 Å². The van der Waals surface area contributed by atoms with Gasteiger partial charge in [0.15, 0.2) is 11.8 Å². The van der Waals surface area contributed by atoms with Crippen LogP contribution in [-0.2, 0) is 30.5 Å². The number of nitrogens with two attached hydrogens (primary N) is 2. The van der Waals surface area contributed by atoms with Crippen molar-refractivity contribution in [3.8, 4) is 11.3 Å². The summed E-state index contributed by atoms with van der Waals surface area (Å²) >= 11 is 7.39. The minimum atomic E-state index is -4.55. The first-order valence-corrected chi connectivity index (χ1v) is 15.4. The second-order valence-corrected chi connectivity index (χ2v) is 12.0. The molecule has 47 heavy (non-hydrogen) atoms. The number of benzene rings is 2. The molecule has 0 spiro atoms. The number of nitrogen functional groups attached to an aromatic ring is 1. The number of nitrogens with zero attached hydrogens (tertiary/aromatic N) is 5. The van der Waals surface area contributed by atoms with Gasteiger partial charge in [0, 0.05) is 34.4 Å². The Hall–Kier alpha value is -5.21. The Morgan fingerprint density at radius 2 is 1.85 bits per heavy atom. The van der Waals surface area contributed by atoms with Crippen LogP contribution in [0.4, 0.5) is 35.5 Å². The summed E-state index contributed by atoms with van der Waals surface area (Å²) in [6.07, 6.45) is -3.40. The predicted octanol–water partition coefficient (Wildman–Crippen LogP) is 6.83. The Balaban J connectivity index is 1.11. The Labute approximate surface area is 275 Å². The van der Waals surface area contributed by atoms with Gasteiger partial charge in [-0.1, -0.05) is 60.1 Å².